The number of benzene rings is 1. The third kappa shape index (κ3) is 3.50. The van der Waals surface area contributed by atoms with Gasteiger partial charge < -0.3 is 4.74 Å². The molecule has 2 rings (SSSR count). The molecule has 0 unspecified atom stereocenters. The van der Waals surface area contributed by atoms with Crippen LogP contribution < -0.4 is 0 Å². The van der Waals surface area contributed by atoms with Crippen LogP contribution in [-0.2, 0) is 11.3 Å². The van der Waals surface area contributed by atoms with Crippen LogP contribution in [0.5, 0.6) is 0 Å². The zero-order valence-electron chi connectivity index (χ0n) is 10.3. The Labute approximate surface area is 110 Å². The van der Waals surface area contributed by atoms with Crippen LogP contribution in [-0.4, -0.2) is 30.1 Å². The first-order valence-corrected chi connectivity index (χ1v) is 5.96. The molecule has 0 N–H and O–H groups in total. The Hall–Kier alpha value is -2.46. The minimum Gasteiger partial charge on any atom is -0.445 e. The Kier molecular flexibility index (Phi) is 4.42. The van der Waals surface area contributed by atoms with Gasteiger partial charge in [0.1, 0.15) is 6.61 Å². The van der Waals surface area contributed by atoms with Crippen LogP contribution in [0.3, 0.4) is 0 Å². The van der Waals surface area contributed by atoms with E-state index in [9.17, 15) is 4.79 Å². The predicted octanol–water partition coefficient (Wildman–Crippen LogP) is 2.87. The van der Waals surface area contributed by atoms with Gasteiger partial charge in [-0.2, -0.15) is 0 Å². The van der Waals surface area contributed by atoms with Gasteiger partial charge in [0.05, 0.1) is 12.6 Å². The molecule has 0 aliphatic carbocycles. The highest BCUT2D eigenvalue weighted by Crippen LogP contribution is 2.13. The maximum Gasteiger partial charge on any atom is 0.410 e. The van der Waals surface area contributed by atoms with Crippen molar-refractivity contribution in [1.29, 1.82) is 0 Å². The molecule has 1 aliphatic heterocycles. The number of azide groups is 1. The third-order valence-corrected chi connectivity index (χ3v) is 2.83. The van der Waals surface area contributed by atoms with Crippen LogP contribution in [0, 0.1) is 0 Å². The molecule has 0 saturated carbocycles. The second-order valence-corrected chi connectivity index (χ2v) is 4.10. The number of nitrogens with zero attached hydrogens (tertiary/aromatic N) is 4. The molecule has 19 heavy (non-hydrogen) atoms. The molecule has 1 aliphatic rings. The van der Waals surface area contributed by atoms with Gasteiger partial charge in [0.2, 0.25) is 0 Å². The maximum atomic E-state index is 11.9. The van der Waals surface area contributed by atoms with Crippen LogP contribution in [0.25, 0.3) is 10.4 Å². The van der Waals surface area contributed by atoms with Gasteiger partial charge in [0.25, 0.3) is 0 Å². The molecule has 1 atom stereocenters. The van der Waals surface area contributed by atoms with E-state index in [1.807, 2.05) is 42.5 Å². The molecule has 0 aromatic heterocycles. The molecule has 6 nitrogen and oxygen atoms in total. The number of hydrogen-bond donors (Lipinski definition) is 0. The fourth-order valence-electron chi connectivity index (χ4n) is 1.86. The lowest BCUT2D eigenvalue weighted by atomic mass is 10.2. The smallest absolute Gasteiger partial charge is 0.410 e. The molecule has 98 valence electrons. The summed E-state index contributed by atoms with van der Waals surface area (Å²) in [4.78, 5) is 16.2. The second kappa shape index (κ2) is 6.47. The SMILES string of the molecule is [N-]=[N+]=NC[C@@H]1C=CCN1C(=O)OCc1ccccc1. The molecule has 1 amide bonds. The van der Waals surface area contributed by atoms with Crippen molar-refractivity contribution in [3.05, 3.63) is 58.5 Å². The minimum atomic E-state index is -0.396. The van der Waals surface area contributed by atoms with E-state index in [0.717, 1.165) is 5.56 Å². The highest BCUT2D eigenvalue weighted by molar-refractivity contribution is 5.69. The van der Waals surface area contributed by atoms with Crippen molar-refractivity contribution in [2.45, 2.75) is 12.6 Å². The van der Waals surface area contributed by atoms with Crippen molar-refractivity contribution in [2.75, 3.05) is 13.1 Å². The van der Waals surface area contributed by atoms with E-state index in [-0.39, 0.29) is 19.2 Å². The van der Waals surface area contributed by atoms with Crippen molar-refractivity contribution in [2.24, 2.45) is 5.11 Å². The number of rotatable bonds is 4. The van der Waals surface area contributed by atoms with Gasteiger partial charge in [-0.3, -0.25) is 4.90 Å². The van der Waals surface area contributed by atoms with Crippen LogP contribution in [0.15, 0.2) is 47.6 Å². The maximum absolute atomic E-state index is 11.9. The summed E-state index contributed by atoms with van der Waals surface area (Å²) >= 11 is 0. The lowest BCUT2D eigenvalue weighted by molar-refractivity contribution is 0.0959. The molecule has 0 radical (unpaired) electrons. The summed E-state index contributed by atoms with van der Waals surface area (Å²) in [6, 6.07) is 9.28. The number of amides is 1. The molecule has 6 heteroatoms. The Morgan fingerprint density at radius 3 is 3.00 bits per heavy atom. The van der Waals surface area contributed by atoms with E-state index in [2.05, 4.69) is 10.0 Å². The minimum absolute atomic E-state index is 0.209. The van der Waals surface area contributed by atoms with Crippen LogP contribution in [0.4, 0.5) is 4.79 Å². The average molecular weight is 258 g/mol. The largest absolute Gasteiger partial charge is 0.445 e. The summed E-state index contributed by atoms with van der Waals surface area (Å²) < 4.78 is 5.23. The van der Waals surface area contributed by atoms with E-state index in [1.165, 1.54) is 4.90 Å². The molecule has 1 aromatic carbocycles. The summed E-state index contributed by atoms with van der Waals surface area (Å²) in [6.45, 7) is 0.955. The summed E-state index contributed by atoms with van der Waals surface area (Å²) in [5, 5.41) is 3.48. The van der Waals surface area contributed by atoms with Crippen molar-refractivity contribution >= 4 is 6.09 Å². The predicted molar refractivity (Wildman–Crippen MR) is 70.3 cm³/mol. The fraction of sp³-hybridized carbons (Fsp3) is 0.308. The normalized spacial score (nSPS) is 17.1. The van der Waals surface area contributed by atoms with Gasteiger partial charge in [-0.15, -0.1) is 0 Å². The second-order valence-electron chi connectivity index (χ2n) is 4.10. The van der Waals surface area contributed by atoms with Gasteiger partial charge in [-0.1, -0.05) is 47.6 Å². The van der Waals surface area contributed by atoms with Crippen LogP contribution >= 0.6 is 0 Å². The van der Waals surface area contributed by atoms with Gasteiger partial charge in [0, 0.05) is 11.5 Å². The summed E-state index contributed by atoms with van der Waals surface area (Å²) in [7, 11) is 0. The fourth-order valence-corrected chi connectivity index (χ4v) is 1.86. The van der Waals surface area contributed by atoms with Gasteiger partial charge >= 0.3 is 6.09 Å². The summed E-state index contributed by atoms with van der Waals surface area (Å²) in [5.74, 6) is 0. The number of ether oxygens (including phenoxy) is 1. The Morgan fingerprint density at radius 1 is 1.47 bits per heavy atom. The highest BCUT2D eigenvalue weighted by Gasteiger charge is 2.25. The van der Waals surface area contributed by atoms with E-state index in [0.29, 0.717) is 6.54 Å². The summed E-state index contributed by atoms with van der Waals surface area (Å²) in [5.41, 5.74) is 9.24. The van der Waals surface area contributed by atoms with Crippen molar-refractivity contribution < 1.29 is 9.53 Å². The quantitative estimate of drug-likeness (QED) is 0.360. The molecule has 0 bridgehead atoms. The van der Waals surface area contributed by atoms with E-state index < -0.39 is 6.09 Å². The van der Waals surface area contributed by atoms with E-state index in [1.54, 1.807) is 0 Å². The van der Waals surface area contributed by atoms with E-state index in [4.69, 9.17) is 10.3 Å². The first-order chi connectivity index (χ1) is 9.31. The molecule has 0 saturated heterocycles. The Balaban J connectivity index is 1.87. The highest BCUT2D eigenvalue weighted by atomic mass is 16.6. The van der Waals surface area contributed by atoms with Crippen molar-refractivity contribution in [3.8, 4) is 0 Å². The monoisotopic (exact) mass is 258 g/mol. The zero-order valence-corrected chi connectivity index (χ0v) is 10.3. The zero-order chi connectivity index (χ0) is 13.5. The van der Waals surface area contributed by atoms with Gasteiger partial charge in [0.15, 0.2) is 0 Å². The Bertz CT molecular complexity index is 509. The van der Waals surface area contributed by atoms with Crippen molar-refractivity contribution in [3.63, 3.8) is 0 Å². The molecule has 1 heterocycles. The molecule has 0 fully saturated rings. The standard InChI is InChI=1S/C13H14N4O2/c14-16-15-9-12-7-4-8-17(12)13(18)19-10-11-5-2-1-3-6-11/h1-7,12H,8-10H2/t12-/m0/s1. The molecular weight excluding hydrogens is 244 g/mol. The van der Waals surface area contributed by atoms with Crippen LogP contribution in [0.2, 0.25) is 0 Å². The van der Waals surface area contributed by atoms with Crippen molar-refractivity contribution in [1.82, 2.24) is 4.90 Å². The first kappa shape index (κ1) is 13.0. The topological polar surface area (TPSA) is 78.3 Å². The molecule has 0 spiro atoms. The summed E-state index contributed by atoms with van der Waals surface area (Å²) in [6.07, 6.45) is 3.31. The number of carbonyl (C=O) groups is 1. The van der Waals surface area contributed by atoms with E-state index >= 15 is 0 Å². The lowest BCUT2D eigenvalue weighted by Crippen LogP contribution is -2.38. The molecule has 1 aromatic rings. The third-order valence-electron chi connectivity index (χ3n) is 2.83. The number of carbonyl (C=O) groups excluding carboxylic acids is 1. The van der Waals surface area contributed by atoms with Crippen LogP contribution in [0.1, 0.15) is 5.56 Å². The lowest BCUT2D eigenvalue weighted by Gasteiger charge is -2.22. The van der Waals surface area contributed by atoms with Gasteiger partial charge in [-0.05, 0) is 11.1 Å². The molecular formula is C13H14N4O2. The number of hydrogen-bond acceptors (Lipinski definition) is 3. The Morgan fingerprint density at radius 2 is 2.26 bits per heavy atom. The average Bonchev–Trinajstić information content (AvgIpc) is 2.92. The first-order valence-electron chi connectivity index (χ1n) is 5.96. The van der Waals surface area contributed by atoms with Gasteiger partial charge in [-0.25, -0.2) is 4.79 Å².